The molecule has 0 saturated carbocycles. The fraction of sp³-hybridized carbons (Fsp3) is 0.185. The van der Waals surface area contributed by atoms with Gasteiger partial charge in [0.05, 0.1) is 11.1 Å². The number of hydrogen-bond acceptors (Lipinski definition) is 5. The highest BCUT2D eigenvalue weighted by molar-refractivity contribution is 7.87. The van der Waals surface area contributed by atoms with Gasteiger partial charge in [-0.15, -0.1) is 0 Å². The van der Waals surface area contributed by atoms with Gasteiger partial charge in [-0.1, -0.05) is 73.7 Å². The van der Waals surface area contributed by atoms with Crippen molar-refractivity contribution in [3.63, 3.8) is 0 Å². The molecule has 1 heterocycles. The highest BCUT2D eigenvalue weighted by Gasteiger charge is 2.38. The molecule has 1 aromatic heterocycles. The monoisotopic (exact) mass is 528 g/mol. The van der Waals surface area contributed by atoms with E-state index < -0.39 is 33.7 Å². The molecular formula is C27H23F3N2O4S. The number of benzene rings is 3. The van der Waals surface area contributed by atoms with E-state index in [0.29, 0.717) is 23.2 Å². The Balaban J connectivity index is 2.03. The van der Waals surface area contributed by atoms with E-state index in [-0.39, 0.29) is 23.2 Å². The first-order valence-electron chi connectivity index (χ1n) is 11.4. The molecule has 0 radical (unpaired) electrons. The number of aromatic nitrogens is 1. The smallest absolute Gasteiger partial charge is 0.379 e. The van der Waals surface area contributed by atoms with Crippen LogP contribution in [0.2, 0.25) is 0 Å². The summed E-state index contributed by atoms with van der Waals surface area (Å²) >= 11 is 0. The van der Waals surface area contributed by atoms with Crippen molar-refractivity contribution in [2.24, 2.45) is 0 Å². The molecule has 0 bridgehead atoms. The molecule has 1 amide bonds. The quantitative estimate of drug-likeness (QED) is 0.254. The molecule has 3 aromatic carbocycles. The van der Waals surface area contributed by atoms with Crippen molar-refractivity contribution < 1.29 is 30.6 Å². The molecule has 0 saturated heterocycles. The van der Waals surface area contributed by atoms with E-state index in [0.717, 1.165) is 0 Å². The molecule has 10 heteroatoms. The van der Waals surface area contributed by atoms with Crippen molar-refractivity contribution in [1.29, 1.82) is 0 Å². The van der Waals surface area contributed by atoms with E-state index in [4.69, 9.17) is 4.18 Å². The summed E-state index contributed by atoms with van der Waals surface area (Å²) < 4.78 is 69.6. The number of para-hydroxylation sites is 2. The number of hydrogen-bond donors (Lipinski definition) is 0. The van der Waals surface area contributed by atoms with E-state index in [9.17, 15) is 26.4 Å². The molecule has 0 unspecified atom stereocenters. The number of anilines is 1. The van der Waals surface area contributed by atoms with E-state index in [1.54, 1.807) is 84.9 Å². The molecule has 0 aliphatic rings. The summed E-state index contributed by atoms with van der Waals surface area (Å²) in [6.45, 7) is 2.14. The van der Waals surface area contributed by atoms with E-state index in [1.165, 1.54) is 4.90 Å². The lowest BCUT2D eigenvalue weighted by Crippen LogP contribution is -2.33. The van der Waals surface area contributed by atoms with Gasteiger partial charge in [0.1, 0.15) is 5.69 Å². The van der Waals surface area contributed by atoms with Crippen LogP contribution < -0.4 is 9.08 Å². The molecule has 0 spiro atoms. The number of nitrogens with zero attached hydrogens (tertiary/aromatic N) is 2. The van der Waals surface area contributed by atoms with Crippen molar-refractivity contribution in [2.75, 3.05) is 17.2 Å². The molecule has 4 aromatic rings. The van der Waals surface area contributed by atoms with Gasteiger partial charge < -0.3 is 9.08 Å². The Morgan fingerprint density at radius 1 is 0.919 bits per heavy atom. The van der Waals surface area contributed by atoms with Crippen LogP contribution in [0.15, 0.2) is 84.9 Å². The maximum absolute atomic E-state index is 14.1. The highest BCUT2D eigenvalue weighted by atomic mass is 32.2. The highest BCUT2D eigenvalue weighted by Crippen LogP contribution is 2.39. The van der Waals surface area contributed by atoms with E-state index in [1.807, 2.05) is 6.92 Å². The van der Waals surface area contributed by atoms with Gasteiger partial charge in [-0.2, -0.15) is 21.6 Å². The second kappa shape index (κ2) is 10.6. The van der Waals surface area contributed by atoms with Crippen LogP contribution in [0.3, 0.4) is 0 Å². The summed E-state index contributed by atoms with van der Waals surface area (Å²) in [5.41, 5.74) is 1.03. The maximum atomic E-state index is 14.1. The molecule has 0 atom stereocenters. The lowest BCUT2D eigenvalue weighted by atomic mass is 10.0. The minimum absolute atomic E-state index is 0.0575. The summed E-state index contributed by atoms with van der Waals surface area (Å²) in [6, 6.07) is 23.5. The van der Waals surface area contributed by atoms with Gasteiger partial charge in [-0.05, 0) is 24.6 Å². The van der Waals surface area contributed by atoms with Crippen LogP contribution in [-0.2, 0) is 10.1 Å². The normalized spacial score (nSPS) is 11.9. The zero-order valence-electron chi connectivity index (χ0n) is 19.8. The number of halogens is 3. The minimum atomic E-state index is -5.19. The van der Waals surface area contributed by atoms with Crippen molar-refractivity contribution in [3.8, 4) is 17.0 Å². The van der Waals surface area contributed by atoms with Gasteiger partial charge in [0.15, 0.2) is 11.5 Å². The first-order valence-corrected chi connectivity index (χ1v) is 13.0. The van der Waals surface area contributed by atoms with E-state index in [2.05, 4.69) is 4.98 Å². The zero-order chi connectivity index (χ0) is 26.6. The molecule has 0 aliphatic heterocycles. The summed E-state index contributed by atoms with van der Waals surface area (Å²) in [6.07, 6.45) is -4.48. The van der Waals surface area contributed by atoms with Crippen LogP contribution in [-0.4, -0.2) is 37.8 Å². The second-order valence-corrected chi connectivity index (χ2v) is 9.81. The largest absolute Gasteiger partial charge is 0.406 e. The van der Waals surface area contributed by atoms with Crippen molar-refractivity contribution >= 4 is 32.6 Å². The number of fused-ring (bicyclic) bond motifs is 1. The molecular weight excluding hydrogens is 505 g/mol. The van der Waals surface area contributed by atoms with Crippen molar-refractivity contribution in [2.45, 2.75) is 19.5 Å². The lowest BCUT2D eigenvalue weighted by Gasteiger charge is -2.25. The van der Waals surface area contributed by atoms with Gasteiger partial charge in [0, 0.05) is 23.2 Å². The fourth-order valence-electron chi connectivity index (χ4n) is 3.95. The molecule has 0 fully saturated rings. The first kappa shape index (κ1) is 26.2. The average molecular weight is 529 g/mol. The van der Waals surface area contributed by atoms with E-state index >= 15 is 0 Å². The summed E-state index contributed by atoms with van der Waals surface area (Å²) in [4.78, 5) is 20.1. The van der Waals surface area contributed by atoms with Crippen LogP contribution in [0.4, 0.5) is 18.9 Å². The average Bonchev–Trinajstić information content (AvgIpc) is 2.86. The summed E-state index contributed by atoms with van der Waals surface area (Å²) in [5.74, 6) is -3.39. The fourth-order valence-corrected chi connectivity index (χ4v) is 4.83. The Morgan fingerprint density at radius 2 is 1.51 bits per heavy atom. The number of rotatable bonds is 8. The molecule has 37 heavy (non-hydrogen) atoms. The first-order chi connectivity index (χ1) is 17.6. The number of alkyl halides is 3. The molecule has 0 aliphatic carbocycles. The third kappa shape index (κ3) is 6.08. The van der Waals surface area contributed by atoms with Crippen LogP contribution in [0.25, 0.3) is 22.2 Å². The topological polar surface area (TPSA) is 76.6 Å². The van der Waals surface area contributed by atoms with Crippen molar-refractivity contribution in [1.82, 2.24) is 4.98 Å². The van der Waals surface area contributed by atoms with Crippen LogP contribution in [0.5, 0.6) is 5.75 Å². The SMILES string of the molecule is CCCN(C(=O)c1c(OS(=O)(=O)CC(F)(F)F)c(-c2ccccc2)nc2ccccc12)c1ccccc1. The maximum Gasteiger partial charge on any atom is 0.406 e. The predicted molar refractivity (Wildman–Crippen MR) is 136 cm³/mol. The predicted octanol–water partition coefficient (Wildman–Crippen LogP) is 6.23. The molecule has 4 rings (SSSR count). The number of pyridine rings is 1. The molecule has 0 N–H and O–H groups in total. The van der Waals surface area contributed by atoms with Crippen LogP contribution >= 0.6 is 0 Å². The van der Waals surface area contributed by atoms with Crippen LogP contribution in [0, 0.1) is 0 Å². The summed E-state index contributed by atoms with van der Waals surface area (Å²) in [7, 11) is -5.19. The number of carbonyl (C=O) groups excluding carboxylic acids is 1. The lowest BCUT2D eigenvalue weighted by molar-refractivity contribution is -0.107. The third-order valence-electron chi connectivity index (χ3n) is 5.42. The molecule has 6 nitrogen and oxygen atoms in total. The Morgan fingerprint density at radius 3 is 2.14 bits per heavy atom. The van der Waals surface area contributed by atoms with Crippen molar-refractivity contribution in [3.05, 3.63) is 90.5 Å². The Hall–Kier alpha value is -3.92. The van der Waals surface area contributed by atoms with Crippen LogP contribution in [0.1, 0.15) is 23.7 Å². The summed E-state index contributed by atoms with van der Waals surface area (Å²) in [5, 5.41) is 0.251. The number of amides is 1. The standard InChI is InChI=1S/C27H23F3N2O4S/c1-2-17-32(20-13-7-4-8-14-20)26(33)23-21-15-9-10-16-22(21)31-24(19-11-5-3-6-12-19)25(23)36-37(34,35)18-27(28,29)30/h3-16H,2,17-18H2,1H3. The van der Waals surface area contributed by atoms with Gasteiger partial charge >= 0.3 is 16.3 Å². The zero-order valence-corrected chi connectivity index (χ0v) is 20.6. The second-order valence-electron chi connectivity index (χ2n) is 8.24. The van der Waals surface area contributed by atoms with Gasteiger partial charge in [-0.25, -0.2) is 4.98 Å². The Labute approximate surface area is 212 Å². The Bertz CT molecular complexity index is 1510. The van der Waals surface area contributed by atoms with Gasteiger partial charge in [0.25, 0.3) is 5.91 Å². The van der Waals surface area contributed by atoms with Gasteiger partial charge in [0.2, 0.25) is 0 Å². The third-order valence-corrected chi connectivity index (χ3v) is 6.52. The molecule has 192 valence electrons. The van der Waals surface area contributed by atoms with Gasteiger partial charge in [-0.3, -0.25) is 4.79 Å². The minimum Gasteiger partial charge on any atom is -0.379 e. The Kier molecular flexibility index (Phi) is 7.49. The number of carbonyl (C=O) groups is 1.